The third kappa shape index (κ3) is 5.10. The number of benzene rings is 3. The number of aryl methyl sites for hydroxylation is 2. The molecule has 1 heterocycles. The zero-order chi connectivity index (χ0) is 25.1. The number of aromatic amines is 1. The van der Waals surface area contributed by atoms with Crippen molar-refractivity contribution in [2.24, 2.45) is 0 Å². The zero-order valence-corrected chi connectivity index (χ0v) is 21.6. The van der Waals surface area contributed by atoms with Gasteiger partial charge in [0.25, 0.3) is 0 Å². The van der Waals surface area contributed by atoms with E-state index in [0.717, 1.165) is 48.7 Å². The molecule has 0 unspecified atom stereocenters. The second-order valence-electron chi connectivity index (χ2n) is 10.0. The SMILES string of the molecule is CCc1cc2c(cc1CC)CC(NC[C@H](C)c1ccc(OCc3ccccc3)c3[nH]c(=O)ccc13)C2. The number of fused-ring (bicyclic) bond motifs is 2. The van der Waals surface area contributed by atoms with E-state index in [-0.39, 0.29) is 5.56 Å². The van der Waals surface area contributed by atoms with Crippen molar-refractivity contribution in [1.29, 1.82) is 0 Å². The van der Waals surface area contributed by atoms with Gasteiger partial charge in [-0.15, -0.1) is 0 Å². The molecule has 0 fully saturated rings. The fourth-order valence-electron chi connectivity index (χ4n) is 5.56. The van der Waals surface area contributed by atoms with Crippen molar-refractivity contribution in [2.75, 3.05) is 6.54 Å². The Morgan fingerprint density at radius 1 is 0.944 bits per heavy atom. The van der Waals surface area contributed by atoms with Gasteiger partial charge in [0.1, 0.15) is 12.4 Å². The van der Waals surface area contributed by atoms with E-state index in [9.17, 15) is 4.79 Å². The highest BCUT2D eigenvalue weighted by Gasteiger charge is 2.23. The average molecular weight is 481 g/mol. The topological polar surface area (TPSA) is 54.1 Å². The molecule has 4 heteroatoms. The van der Waals surface area contributed by atoms with Gasteiger partial charge in [0.05, 0.1) is 5.52 Å². The van der Waals surface area contributed by atoms with Crippen molar-refractivity contribution in [1.82, 2.24) is 10.3 Å². The van der Waals surface area contributed by atoms with Crippen LogP contribution in [0.15, 0.2) is 71.5 Å². The molecule has 1 aliphatic rings. The van der Waals surface area contributed by atoms with Crippen LogP contribution in [0.25, 0.3) is 10.9 Å². The van der Waals surface area contributed by atoms with Gasteiger partial charge in [-0.1, -0.05) is 69.3 Å². The number of rotatable bonds is 9. The molecule has 3 aromatic carbocycles. The summed E-state index contributed by atoms with van der Waals surface area (Å²) in [7, 11) is 0. The van der Waals surface area contributed by atoms with Crippen LogP contribution >= 0.6 is 0 Å². The van der Waals surface area contributed by atoms with Gasteiger partial charge in [0.15, 0.2) is 0 Å². The summed E-state index contributed by atoms with van der Waals surface area (Å²) < 4.78 is 6.12. The van der Waals surface area contributed by atoms with Crippen LogP contribution in [0.1, 0.15) is 60.1 Å². The molecule has 36 heavy (non-hydrogen) atoms. The van der Waals surface area contributed by atoms with Gasteiger partial charge in [-0.3, -0.25) is 4.79 Å². The van der Waals surface area contributed by atoms with E-state index in [4.69, 9.17) is 4.74 Å². The van der Waals surface area contributed by atoms with Gasteiger partial charge in [-0.25, -0.2) is 0 Å². The van der Waals surface area contributed by atoms with Crippen LogP contribution in [-0.2, 0) is 32.3 Å². The fraction of sp³-hybridized carbons (Fsp3) is 0.344. The van der Waals surface area contributed by atoms with Crippen molar-refractivity contribution < 1.29 is 4.74 Å². The summed E-state index contributed by atoms with van der Waals surface area (Å²) in [6.07, 6.45) is 4.40. The number of ether oxygens (including phenoxy) is 1. The monoisotopic (exact) mass is 480 g/mol. The van der Waals surface area contributed by atoms with E-state index in [1.807, 2.05) is 42.5 Å². The first kappa shape index (κ1) is 24.3. The van der Waals surface area contributed by atoms with Crippen molar-refractivity contribution >= 4 is 10.9 Å². The number of H-pyrrole nitrogens is 1. The standard InChI is InChI=1S/C32H36N2O2/c1-4-23-15-25-17-27(18-26(25)16-24(23)5-2)33-19-21(3)28-11-13-30(32-29(28)12-14-31(35)34-32)36-20-22-9-7-6-8-10-22/h6-16,21,27,33H,4-5,17-20H2,1-3H3,(H,34,35)/t21-/m0/s1. The molecule has 0 spiro atoms. The Morgan fingerprint density at radius 2 is 1.64 bits per heavy atom. The number of pyridine rings is 1. The Balaban J connectivity index is 1.30. The highest BCUT2D eigenvalue weighted by molar-refractivity contribution is 5.87. The Hall–Kier alpha value is -3.37. The first-order chi connectivity index (χ1) is 17.6. The van der Waals surface area contributed by atoms with Crippen LogP contribution in [0.4, 0.5) is 0 Å². The lowest BCUT2D eigenvalue weighted by Crippen LogP contribution is -2.32. The number of aromatic nitrogens is 1. The first-order valence-electron chi connectivity index (χ1n) is 13.2. The minimum absolute atomic E-state index is 0.114. The van der Waals surface area contributed by atoms with Crippen molar-refractivity contribution in [2.45, 2.75) is 65.0 Å². The van der Waals surface area contributed by atoms with Crippen molar-refractivity contribution in [3.8, 4) is 5.75 Å². The average Bonchev–Trinajstić information content (AvgIpc) is 3.31. The van der Waals surface area contributed by atoms with E-state index in [0.29, 0.717) is 24.3 Å². The molecular formula is C32H36N2O2. The molecule has 0 amide bonds. The van der Waals surface area contributed by atoms with Gasteiger partial charge >= 0.3 is 0 Å². The molecule has 0 bridgehead atoms. The van der Waals surface area contributed by atoms with Crippen LogP contribution in [0, 0.1) is 0 Å². The van der Waals surface area contributed by atoms with Crippen molar-refractivity contribution in [3.63, 3.8) is 0 Å². The molecule has 2 N–H and O–H groups in total. The summed E-state index contributed by atoms with van der Waals surface area (Å²) >= 11 is 0. The third-order valence-electron chi connectivity index (χ3n) is 7.59. The van der Waals surface area contributed by atoms with Crippen LogP contribution in [0.2, 0.25) is 0 Å². The number of nitrogens with one attached hydrogen (secondary N) is 2. The normalized spacial score (nSPS) is 14.2. The van der Waals surface area contributed by atoms with Gasteiger partial charge in [0, 0.05) is 24.0 Å². The smallest absolute Gasteiger partial charge is 0.248 e. The lowest BCUT2D eigenvalue weighted by atomic mass is 9.95. The maximum Gasteiger partial charge on any atom is 0.248 e. The van der Waals surface area contributed by atoms with Gasteiger partial charge in [0.2, 0.25) is 5.56 Å². The molecule has 4 nitrogen and oxygen atoms in total. The molecular weight excluding hydrogens is 444 g/mol. The molecule has 1 aliphatic carbocycles. The predicted molar refractivity (Wildman–Crippen MR) is 148 cm³/mol. The molecule has 1 atom stereocenters. The summed E-state index contributed by atoms with van der Waals surface area (Å²) in [6.45, 7) is 8.11. The van der Waals surface area contributed by atoms with E-state index < -0.39 is 0 Å². The zero-order valence-electron chi connectivity index (χ0n) is 21.6. The fourth-order valence-corrected chi connectivity index (χ4v) is 5.56. The lowest BCUT2D eigenvalue weighted by Gasteiger charge is -2.20. The molecule has 0 saturated carbocycles. The van der Waals surface area contributed by atoms with Gasteiger partial charge in [-0.05, 0) is 77.1 Å². The largest absolute Gasteiger partial charge is 0.487 e. The lowest BCUT2D eigenvalue weighted by molar-refractivity contribution is 0.309. The van der Waals surface area contributed by atoms with E-state index in [1.54, 1.807) is 6.07 Å². The van der Waals surface area contributed by atoms with Crippen molar-refractivity contribution in [3.05, 3.63) is 110 Å². The molecule has 4 aromatic rings. The molecule has 0 aliphatic heterocycles. The number of hydrogen-bond donors (Lipinski definition) is 2. The van der Waals surface area contributed by atoms with Crippen LogP contribution < -0.4 is 15.6 Å². The highest BCUT2D eigenvalue weighted by Crippen LogP contribution is 2.32. The second-order valence-corrected chi connectivity index (χ2v) is 10.0. The van der Waals surface area contributed by atoms with E-state index >= 15 is 0 Å². The summed E-state index contributed by atoms with van der Waals surface area (Å²) in [5.41, 5.74) is 9.00. The maximum atomic E-state index is 12.2. The minimum atomic E-state index is -0.114. The maximum absolute atomic E-state index is 12.2. The Bertz CT molecular complexity index is 1370. The number of hydrogen-bond acceptors (Lipinski definition) is 3. The predicted octanol–water partition coefficient (Wildman–Crippen LogP) is 6.09. The summed E-state index contributed by atoms with van der Waals surface area (Å²) in [5.74, 6) is 1.00. The highest BCUT2D eigenvalue weighted by atomic mass is 16.5. The molecule has 0 radical (unpaired) electrons. The summed E-state index contributed by atoms with van der Waals surface area (Å²) in [4.78, 5) is 15.2. The summed E-state index contributed by atoms with van der Waals surface area (Å²) in [5, 5.41) is 4.88. The summed E-state index contributed by atoms with van der Waals surface area (Å²) in [6, 6.07) is 23.1. The van der Waals surface area contributed by atoms with Crippen LogP contribution in [-0.4, -0.2) is 17.6 Å². The molecule has 5 rings (SSSR count). The van der Waals surface area contributed by atoms with Crippen LogP contribution in [0.3, 0.4) is 0 Å². The molecule has 186 valence electrons. The Labute approximate surface area is 213 Å². The third-order valence-corrected chi connectivity index (χ3v) is 7.59. The van der Waals surface area contributed by atoms with Gasteiger partial charge in [-0.2, -0.15) is 0 Å². The Morgan fingerprint density at radius 3 is 2.31 bits per heavy atom. The quantitative estimate of drug-likeness (QED) is 0.305. The molecule has 1 aromatic heterocycles. The Kier molecular flexibility index (Phi) is 7.24. The first-order valence-corrected chi connectivity index (χ1v) is 13.2. The van der Waals surface area contributed by atoms with E-state index in [2.05, 4.69) is 49.3 Å². The van der Waals surface area contributed by atoms with Crippen LogP contribution in [0.5, 0.6) is 5.75 Å². The second kappa shape index (κ2) is 10.7. The molecule has 0 saturated heterocycles. The van der Waals surface area contributed by atoms with Gasteiger partial charge < -0.3 is 15.0 Å². The van der Waals surface area contributed by atoms with E-state index in [1.165, 1.54) is 27.8 Å². The minimum Gasteiger partial charge on any atom is -0.487 e.